The van der Waals surface area contributed by atoms with Crippen molar-refractivity contribution in [1.82, 2.24) is 4.98 Å². The molecule has 0 aliphatic carbocycles. The monoisotopic (exact) mass is 243 g/mol. The van der Waals surface area contributed by atoms with Gasteiger partial charge in [-0.3, -0.25) is 0 Å². The minimum absolute atomic E-state index is 0.279. The molecule has 4 nitrogen and oxygen atoms in total. The first kappa shape index (κ1) is 12.1. The van der Waals surface area contributed by atoms with E-state index in [4.69, 9.17) is 9.84 Å². The lowest BCUT2D eigenvalue weighted by Gasteiger charge is -2.06. The van der Waals surface area contributed by atoms with E-state index < -0.39 is 5.97 Å². The van der Waals surface area contributed by atoms with Crippen LogP contribution in [0, 0.1) is 6.92 Å². The number of nitrogens with zero attached hydrogens (tertiary/aromatic N) is 1. The first-order chi connectivity index (χ1) is 8.60. The first-order valence-corrected chi connectivity index (χ1v) is 5.45. The highest BCUT2D eigenvalue weighted by Crippen LogP contribution is 2.23. The largest absolute Gasteiger partial charge is 0.481 e. The Morgan fingerprint density at radius 3 is 2.56 bits per heavy atom. The van der Waals surface area contributed by atoms with Gasteiger partial charge in [0.25, 0.3) is 0 Å². The van der Waals surface area contributed by atoms with Crippen molar-refractivity contribution in [3.8, 4) is 17.0 Å². The van der Waals surface area contributed by atoms with Gasteiger partial charge >= 0.3 is 5.97 Å². The molecule has 0 saturated heterocycles. The number of pyridine rings is 1. The summed E-state index contributed by atoms with van der Waals surface area (Å²) < 4.78 is 4.99. The summed E-state index contributed by atoms with van der Waals surface area (Å²) in [6, 6.07) is 8.81. The molecule has 1 aromatic carbocycles. The van der Waals surface area contributed by atoms with Gasteiger partial charge in [0.15, 0.2) is 0 Å². The van der Waals surface area contributed by atoms with Crippen LogP contribution in [0.5, 0.6) is 5.88 Å². The van der Waals surface area contributed by atoms with E-state index in [1.165, 1.54) is 0 Å². The second-order valence-electron chi connectivity index (χ2n) is 3.98. The zero-order valence-corrected chi connectivity index (χ0v) is 10.2. The number of carboxylic acid groups (broad SMARTS) is 1. The number of carbonyl (C=O) groups is 1. The van der Waals surface area contributed by atoms with Gasteiger partial charge in [-0.15, -0.1) is 0 Å². The highest BCUT2D eigenvalue weighted by Gasteiger charge is 2.07. The molecule has 92 valence electrons. The zero-order chi connectivity index (χ0) is 13.1. The lowest BCUT2D eigenvalue weighted by atomic mass is 10.0. The highest BCUT2D eigenvalue weighted by atomic mass is 16.5. The van der Waals surface area contributed by atoms with Crippen LogP contribution in [0.1, 0.15) is 15.9 Å². The van der Waals surface area contributed by atoms with Gasteiger partial charge in [-0.05, 0) is 36.2 Å². The van der Waals surface area contributed by atoms with Crippen LogP contribution in [0.3, 0.4) is 0 Å². The van der Waals surface area contributed by atoms with Gasteiger partial charge in [0, 0.05) is 17.8 Å². The van der Waals surface area contributed by atoms with Gasteiger partial charge in [-0.1, -0.05) is 6.07 Å². The minimum Gasteiger partial charge on any atom is -0.481 e. The number of aryl methyl sites for hydroxylation is 1. The van der Waals surface area contributed by atoms with Crippen LogP contribution in [0.4, 0.5) is 0 Å². The fourth-order valence-corrected chi connectivity index (χ4v) is 1.75. The Labute approximate surface area is 105 Å². The van der Waals surface area contributed by atoms with Crippen LogP contribution >= 0.6 is 0 Å². The Kier molecular flexibility index (Phi) is 3.28. The summed E-state index contributed by atoms with van der Waals surface area (Å²) in [5.74, 6) is -0.397. The van der Waals surface area contributed by atoms with Crippen molar-refractivity contribution in [2.45, 2.75) is 6.92 Å². The number of hydrogen-bond acceptors (Lipinski definition) is 3. The molecule has 0 radical (unpaired) electrons. The molecule has 18 heavy (non-hydrogen) atoms. The maximum absolute atomic E-state index is 11.0. The van der Waals surface area contributed by atoms with Crippen molar-refractivity contribution in [3.63, 3.8) is 0 Å². The number of aromatic carboxylic acids is 1. The molecule has 0 bridgehead atoms. The van der Waals surface area contributed by atoms with Crippen molar-refractivity contribution in [2.75, 3.05) is 7.11 Å². The normalized spacial score (nSPS) is 10.1. The second-order valence-corrected chi connectivity index (χ2v) is 3.98. The molecule has 0 atom stereocenters. The molecular formula is C14H13NO3. The van der Waals surface area contributed by atoms with Crippen molar-refractivity contribution >= 4 is 5.97 Å². The molecule has 1 N–H and O–H groups in total. The number of methoxy groups -OCH3 is 1. The van der Waals surface area contributed by atoms with E-state index in [2.05, 4.69) is 4.98 Å². The number of ether oxygens (including phenoxy) is 1. The fourth-order valence-electron chi connectivity index (χ4n) is 1.75. The molecule has 1 heterocycles. The first-order valence-electron chi connectivity index (χ1n) is 5.45. The third kappa shape index (κ3) is 2.48. The van der Waals surface area contributed by atoms with E-state index in [0.717, 1.165) is 16.7 Å². The average molecular weight is 243 g/mol. The molecule has 0 amide bonds. The molecule has 4 heteroatoms. The van der Waals surface area contributed by atoms with Crippen LogP contribution in [0.15, 0.2) is 36.5 Å². The smallest absolute Gasteiger partial charge is 0.335 e. The maximum atomic E-state index is 11.0. The average Bonchev–Trinajstić information content (AvgIpc) is 2.38. The number of aromatic nitrogens is 1. The highest BCUT2D eigenvalue weighted by molar-refractivity contribution is 5.89. The van der Waals surface area contributed by atoms with Crippen LogP contribution in [0.25, 0.3) is 11.1 Å². The van der Waals surface area contributed by atoms with Gasteiger partial charge < -0.3 is 9.84 Å². The second kappa shape index (κ2) is 4.87. The van der Waals surface area contributed by atoms with Crippen LogP contribution in [-0.2, 0) is 0 Å². The Morgan fingerprint density at radius 1 is 1.22 bits per heavy atom. The molecule has 0 spiro atoms. The molecule has 2 rings (SSSR count). The number of hydrogen-bond donors (Lipinski definition) is 1. The van der Waals surface area contributed by atoms with Gasteiger partial charge in [-0.2, -0.15) is 0 Å². The predicted octanol–water partition coefficient (Wildman–Crippen LogP) is 2.76. The van der Waals surface area contributed by atoms with Crippen molar-refractivity contribution < 1.29 is 14.6 Å². The van der Waals surface area contributed by atoms with Gasteiger partial charge in [0.2, 0.25) is 5.88 Å². The number of benzene rings is 1. The fraction of sp³-hybridized carbons (Fsp3) is 0.143. The standard InChI is InChI=1S/C14H13NO3/c1-9-5-11(7-12(6-9)14(16)17)10-3-4-13(18-2)15-8-10/h3-8H,1-2H3,(H,16,17). The van der Waals surface area contributed by atoms with Gasteiger partial charge in [0.05, 0.1) is 12.7 Å². The quantitative estimate of drug-likeness (QED) is 0.900. The third-order valence-corrected chi connectivity index (χ3v) is 2.60. The Bertz CT molecular complexity index is 576. The summed E-state index contributed by atoms with van der Waals surface area (Å²) in [5, 5.41) is 9.03. The molecule has 0 saturated carbocycles. The summed E-state index contributed by atoms with van der Waals surface area (Å²) in [7, 11) is 1.55. The SMILES string of the molecule is COc1ccc(-c2cc(C)cc(C(=O)O)c2)cn1. The van der Waals surface area contributed by atoms with Crippen LogP contribution in [0.2, 0.25) is 0 Å². The minimum atomic E-state index is -0.929. The van der Waals surface area contributed by atoms with Crippen LogP contribution in [-0.4, -0.2) is 23.2 Å². The van der Waals surface area contributed by atoms with E-state index in [1.54, 1.807) is 31.5 Å². The van der Waals surface area contributed by atoms with E-state index in [-0.39, 0.29) is 5.56 Å². The van der Waals surface area contributed by atoms with Crippen molar-refractivity contribution in [3.05, 3.63) is 47.7 Å². The molecular weight excluding hydrogens is 230 g/mol. The van der Waals surface area contributed by atoms with Gasteiger partial charge in [-0.25, -0.2) is 9.78 Å². The van der Waals surface area contributed by atoms with Crippen molar-refractivity contribution in [1.29, 1.82) is 0 Å². The summed E-state index contributed by atoms with van der Waals surface area (Å²) in [6.07, 6.45) is 1.67. The molecule has 0 aliphatic rings. The predicted molar refractivity (Wildman–Crippen MR) is 67.9 cm³/mol. The molecule has 2 aromatic rings. The summed E-state index contributed by atoms with van der Waals surface area (Å²) in [6.45, 7) is 1.87. The molecule has 0 unspecified atom stereocenters. The zero-order valence-electron chi connectivity index (χ0n) is 10.2. The topological polar surface area (TPSA) is 59.4 Å². The third-order valence-electron chi connectivity index (χ3n) is 2.60. The number of rotatable bonds is 3. The van der Waals surface area contributed by atoms with E-state index in [0.29, 0.717) is 5.88 Å². The van der Waals surface area contributed by atoms with E-state index in [1.807, 2.05) is 19.1 Å². The lowest BCUT2D eigenvalue weighted by molar-refractivity contribution is 0.0697. The molecule has 1 aromatic heterocycles. The van der Waals surface area contributed by atoms with Gasteiger partial charge in [0.1, 0.15) is 0 Å². The summed E-state index contributed by atoms with van der Waals surface area (Å²) >= 11 is 0. The van der Waals surface area contributed by atoms with Crippen LogP contribution < -0.4 is 4.74 Å². The summed E-state index contributed by atoms with van der Waals surface area (Å²) in [4.78, 5) is 15.1. The van der Waals surface area contributed by atoms with E-state index >= 15 is 0 Å². The lowest BCUT2D eigenvalue weighted by Crippen LogP contribution is -1.97. The summed E-state index contributed by atoms with van der Waals surface area (Å²) in [5.41, 5.74) is 2.88. The van der Waals surface area contributed by atoms with E-state index in [9.17, 15) is 4.79 Å². The Morgan fingerprint density at radius 2 is 2.00 bits per heavy atom. The number of carboxylic acids is 1. The Balaban J connectivity index is 2.46. The Hall–Kier alpha value is -2.36. The molecule has 0 fully saturated rings. The van der Waals surface area contributed by atoms with Crippen molar-refractivity contribution in [2.24, 2.45) is 0 Å². The molecule has 0 aliphatic heterocycles. The maximum Gasteiger partial charge on any atom is 0.335 e.